The average Bonchev–Trinajstić information content (AvgIpc) is 2.09. The number of aryl methyl sites for hydroxylation is 1. The lowest BCUT2D eigenvalue weighted by molar-refractivity contribution is 0.873. The molecule has 0 atom stereocenters. The molecule has 0 amide bonds. The highest BCUT2D eigenvalue weighted by Gasteiger charge is 2.02. The fourth-order valence-corrected chi connectivity index (χ4v) is 1.55. The van der Waals surface area contributed by atoms with E-state index >= 15 is 0 Å². The van der Waals surface area contributed by atoms with Crippen molar-refractivity contribution in [3.05, 3.63) is 28.2 Å². The fourth-order valence-electron chi connectivity index (χ4n) is 0.971. The number of rotatable bonds is 2. The molecule has 2 nitrogen and oxygen atoms in total. The van der Waals surface area contributed by atoms with Crippen molar-refractivity contribution in [1.82, 2.24) is 0 Å². The second-order valence-corrected chi connectivity index (χ2v) is 4.50. The zero-order valence-electron chi connectivity index (χ0n) is 8.71. The molecule has 0 spiro atoms. The van der Waals surface area contributed by atoms with E-state index in [0.29, 0.717) is 5.84 Å². The van der Waals surface area contributed by atoms with Crippen LogP contribution in [0.2, 0.25) is 0 Å². The van der Waals surface area contributed by atoms with E-state index < -0.39 is 0 Å². The van der Waals surface area contributed by atoms with E-state index in [2.05, 4.69) is 20.9 Å². The molecule has 0 aliphatic rings. The molecular weight excluding hydrogens is 240 g/mol. The minimum atomic E-state index is 0.281. The first-order valence-corrected chi connectivity index (χ1v) is 5.40. The third kappa shape index (κ3) is 2.84. The number of amidine groups is 1. The molecule has 76 valence electrons. The van der Waals surface area contributed by atoms with Gasteiger partial charge in [-0.1, -0.05) is 19.9 Å². The molecule has 0 radical (unpaired) electrons. The Hall–Kier alpha value is -0.830. The summed E-state index contributed by atoms with van der Waals surface area (Å²) >= 11 is 3.46. The van der Waals surface area contributed by atoms with Crippen molar-refractivity contribution in [3.63, 3.8) is 0 Å². The van der Waals surface area contributed by atoms with Gasteiger partial charge in [-0.25, -0.2) is 4.99 Å². The average molecular weight is 255 g/mol. The second kappa shape index (κ2) is 4.60. The van der Waals surface area contributed by atoms with E-state index in [4.69, 9.17) is 5.73 Å². The SMILES string of the molecule is Cc1ccc(N=C(N)C(C)C)c(Br)c1. The van der Waals surface area contributed by atoms with E-state index in [9.17, 15) is 0 Å². The molecule has 1 rings (SSSR count). The summed E-state index contributed by atoms with van der Waals surface area (Å²) in [6.45, 7) is 6.10. The zero-order chi connectivity index (χ0) is 10.7. The second-order valence-electron chi connectivity index (χ2n) is 3.65. The van der Waals surface area contributed by atoms with Crippen molar-refractivity contribution in [1.29, 1.82) is 0 Å². The van der Waals surface area contributed by atoms with Crippen LogP contribution in [0, 0.1) is 12.8 Å². The van der Waals surface area contributed by atoms with Gasteiger partial charge in [0.2, 0.25) is 0 Å². The molecular formula is C11H15BrN2. The van der Waals surface area contributed by atoms with Crippen molar-refractivity contribution in [3.8, 4) is 0 Å². The van der Waals surface area contributed by atoms with Gasteiger partial charge in [-0.3, -0.25) is 0 Å². The molecule has 0 aliphatic carbocycles. The van der Waals surface area contributed by atoms with Crippen LogP contribution in [0.1, 0.15) is 19.4 Å². The van der Waals surface area contributed by atoms with E-state index in [0.717, 1.165) is 10.2 Å². The molecule has 1 aromatic rings. The number of aliphatic imine (C=N–C) groups is 1. The summed E-state index contributed by atoms with van der Waals surface area (Å²) in [5.41, 5.74) is 7.88. The van der Waals surface area contributed by atoms with Gasteiger partial charge in [-0.05, 0) is 40.5 Å². The van der Waals surface area contributed by atoms with Gasteiger partial charge in [0.15, 0.2) is 0 Å². The smallest absolute Gasteiger partial charge is 0.102 e. The molecule has 0 fully saturated rings. The Morgan fingerprint density at radius 2 is 2.07 bits per heavy atom. The largest absolute Gasteiger partial charge is 0.387 e. The van der Waals surface area contributed by atoms with E-state index in [1.54, 1.807) is 0 Å². The molecule has 0 unspecified atom stereocenters. The van der Waals surface area contributed by atoms with Crippen LogP contribution >= 0.6 is 15.9 Å². The highest BCUT2D eigenvalue weighted by atomic mass is 79.9. The maximum atomic E-state index is 5.78. The molecule has 0 heterocycles. The summed E-state index contributed by atoms with van der Waals surface area (Å²) in [4.78, 5) is 4.35. The van der Waals surface area contributed by atoms with Crippen LogP contribution in [0.15, 0.2) is 27.7 Å². The highest BCUT2D eigenvalue weighted by molar-refractivity contribution is 9.10. The predicted octanol–water partition coefficient (Wildman–Crippen LogP) is 3.40. The first kappa shape index (κ1) is 11.2. The van der Waals surface area contributed by atoms with Gasteiger partial charge in [-0.15, -0.1) is 0 Å². The Morgan fingerprint density at radius 1 is 1.43 bits per heavy atom. The van der Waals surface area contributed by atoms with Gasteiger partial charge in [0.1, 0.15) is 5.84 Å². The van der Waals surface area contributed by atoms with Gasteiger partial charge in [0, 0.05) is 10.4 Å². The van der Waals surface area contributed by atoms with Gasteiger partial charge < -0.3 is 5.73 Å². The Labute approximate surface area is 93.4 Å². The maximum absolute atomic E-state index is 5.78. The minimum Gasteiger partial charge on any atom is -0.387 e. The van der Waals surface area contributed by atoms with E-state index in [1.165, 1.54) is 5.56 Å². The summed E-state index contributed by atoms with van der Waals surface area (Å²) < 4.78 is 0.987. The molecule has 0 saturated heterocycles. The van der Waals surface area contributed by atoms with Crippen LogP contribution in [0.5, 0.6) is 0 Å². The number of hydrogen-bond acceptors (Lipinski definition) is 1. The topological polar surface area (TPSA) is 38.4 Å². The maximum Gasteiger partial charge on any atom is 0.102 e. The summed E-state index contributed by atoms with van der Waals surface area (Å²) in [7, 11) is 0. The van der Waals surface area contributed by atoms with Gasteiger partial charge in [0.05, 0.1) is 5.69 Å². The molecule has 0 aliphatic heterocycles. The van der Waals surface area contributed by atoms with Crippen molar-refractivity contribution in [2.24, 2.45) is 16.6 Å². The Bertz CT molecular complexity index is 356. The molecule has 3 heteroatoms. The van der Waals surface area contributed by atoms with Crippen molar-refractivity contribution < 1.29 is 0 Å². The highest BCUT2D eigenvalue weighted by Crippen LogP contribution is 2.26. The van der Waals surface area contributed by atoms with E-state index in [1.807, 2.05) is 39.0 Å². The van der Waals surface area contributed by atoms with Crippen LogP contribution in [0.25, 0.3) is 0 Å². The van der Waals surface area contributed by atoms with Crippen LogP contribution in [-0.2, 0) is 0 Å². The molecule has 0 aromatic heterocycles. The van der Waals surface area contributed by atoms with Gasteiger partial charge in [-0.2, -0.15) is 0 Å². The quantitative estimate of drug-likeness (QED) is 0.638. The molecule has 2 N–H and O–H groups in total. The Morgan fingerprint density at radius 3 is 2.57 bits per heavy atom. The predicted molar refractivity (Wildman–Crippen MR) is 65.0 cm³/mol. The third-order valence-corrected chi connectivity index (χ3v) is 2.58. The number of benzene rings is 1. The Kier molecular flexibility index (Phi) is 3.69. The molecule has 0 saturated carbocycles. The van der Waals surface area contributed by atoms with Gasteiger partial charge >= 0.3 is 0 Å². The fraction of sp³-hybridized carbons (Fsp3) is 0.364. The first-order chi connectivity index (χ1) is 6.50. The summed E-state index contributed by atoms with van der Waals surface area (Å²) in [5, 5.41) is 0. The van der Waals surface area contributed by atoms with Crippen molar-refractivity contribution >= 4 is 27.5 Å². The third-order valence-electron chi connectivity index (χ3n) is 1.94. The van der Waals surface area contributed by atoms with Crippen molar-refractivity contribution in [2.45, 2.75) is 20.8 Å². The normalized spacial score (nSPS) is 12.2. The summed E-state index contributed by atoms with van der Waals surface area (Å²) in [5.74, 6) is 0.942. The van der Waals surface area contributed by atoms with Crippen molar-refractivity contribution in [2.75, 3.05) is 0 Å². The van der Waals surface area contributed by atoms with E-state index in [-0.39, 0.29) is 5.92 Å². The number of nitrogens with two attached hydrogens (primary N) is 1. The zero-order valence-corrected chi connectivity index (χ0v) is 10.3. The number of nitrogens with zero attached hydrogens (tertiary/aromatic N) is 1. The summed E-state index contributed by atoms with van der Waals surface area (Å²) in [6.07, 6.45) is 0. The summed E-state index contributed by atoms with van der Waals surface area (Å²) in [6, 6.07) is 6.03. The molecule has 1 aromatic carbocycles. The minimum absolute atomic E-state index is 0.281. The molecule has 14 heavy (non-hydrogen) atoms. The van der Waals surface area contributed by atoms with Crippen LogP contribution in [0.4, 0.5) is 5.69 Å². The van der Waals surface area contributed by atoms with Gasteiger partial charge in [0.25, 0.3) is 0 Å². The van der Waals surface area contributed by atoms with Crippen LogP contribution in [-0.4, -0.2) is 5.84 Å². The van der Waals surface area contributed by atoms with Crippen LogP contribution < -0.4 is 5.73 Å². The van der Waals surface area contributed by atoms with Crippen LogP contribution in [0.3, 0.4) is 0 Å². The molecule has 0 bridgehead atoms. The standard InChI is InChI=1S/C11H15BrN2/c1-7(2)11(13)14-10-5-4-8(3)6-9(10)12/h4-7H,1-3H3,(H2,13,14). The lowest BCUT2D eigenvalue weighted by atomic mass is 10.2. The first-order valence-electron chi connectivity index (χ1n) is 4.61. The lowest BCUT2D eigenvalue weighted by Crippen LogP contribution is -2.18. The monoisotopic (exact) mass is 254 g/mol. The number of halogens is 1. The lowest BCUT2D eigenvalue weighted by Gasteiger charge is -2.05. The Balaban J connectivity index is 3.03. The number of hydrogen-bond donors (Lipinski definition) is 1.